The Morgan fingerprint density at radius 3 is 2.33 bits per heavy atom. The third kappa shape index (κ3) is 2.33. The molecule has 0 radical (unpaired) electrons. The molecule has 0 amide bonds. The number of alkyl halides is 3. The van der Waals surface area contributed by atoms with Gasteiger partial charge in [-0.25, -0.2) is 4.98 Å². The molecule has 0 fully saturated rings. The number of hydrogen-bond acceptors (Lipinski definition) is 1. The van der Waals surface area contributed by atoms with E-state index in [0.29, 0.717) is 11.3 Å². The van der Waals surface area contributed by atoms with Crippen molar-refractivity contribution in [2.24, 2.45) is 0 Å². The second kappa shape index (κ2) is 5.09. The number of aryl methyl sites for hydroxylation is 1. The first kappa shape index (κ1) is 14.8. The zero-order valence-electron chi connectivity index (χ0n) is 12.8. The molecule has 0 spiro atoms. The summed E-state index contributed by atoms with van der Waals surface area (Å²) in [6, 6.07) is 14.8. The Labute approximate surface area is 136 Å². The lowest BCUT2D eigenvalue weighted by Crippen LogP contribution is -2.04. The van der Waals surface area contributed by atoms with Crippen molar-refractivity contribution in [3.8, 4) is 11.3 Å². The maximum absolute atomic E-state index is 12.8. The Morgan fingerprint density at radius 2 is 1.62 bits per heavy atom. The summed E-state index contributed by atoms with van der Waals surface area (Å²) in [6.45, 7) is 1.98. The van der Waals surface area contributed by atoms with Gasteiger partial charge in [0, 0.05) is 11.8 Å². The first-order valence-corrected chi connectivity index (χ1v) is 7.48. The van der Waals surface area contributed by atoms with Gasteiger partial charge in [0.15, 0.2) is 0 Å². The van der Waals surface area contributed by atoms with Gasteiger partial charge < -0.3 is 4.40 Å². The van der Waals surface area contributed by atoms with Crippen molar-refractivity contribution in [1.82, 2.24) is 9.38 Å². The van der Waals surface area contributed by atoms with Crippen molar-refractivity contribution < 1.29 is 13.2 Å². The SMILES string of the molecule is Cc1cc2c(-c3ccc(C(F)(F)F)cc3)nc3ccccc3n2c1. The van der Waals surface area contributed by atoms with Gasteiger partial charge in [-0.05, 0) is 42.8 Å². The van der Waals surface area contributed by atoms with Gasteiger partial charge in [-0.3, -0.25) is 0 Å². The summed E-state index contributed by atoms with van der Waals surface area (Å²) < 4.78 is 40.3. The van der Waals surface area contributed by atoms with E-state index >= 15 is 0 Å². The minimum Gasteiger partial charge on any atom is -0.313 e. The first-order valence-electron chi connectivity index (χ1n) is 7.48. The van der Waals surface area contributed by atoms with Crippen LogP contribution in [0, 0.1) is 6.92 Å². The van der Waals surface area contributed by atoms with Crippen LogP contribution in [0.25, 0.3) is 27.8 Å². The van der Waals surface area contributed by atoms with Crippen molar-refractivity contribution >= 4 is 16.6 Å². The standard InChI is InChI=1S/C19H13F3N2/c1-12-10-17-18(13-6-8-14(9-7-13)19(20,21)22)23-15-4-2-3-5-16(15)24(17)11-12/h2-11H,1H3. The quantitative estimate of drug-likeness (QED) is 0.452. The maximum Gasteiger partial charge on any atom is 0.416 e. The molecule has 0 aliphatic heterocycles. The molecule has 120 valence electrons. The largest absolute Gasteiger partial charge is 0.416 e. The fourth-order valence-electron chi connectivity index (χ4n) is 2.95. The summed E-state index contributed by atoms with van der Waals surface area (Å²) in [5.74, 6) is 0. The zero-order valence-corrected chi connectivity index (χ0v) is 12.8. The fourth-order valence-corrected chi connectivity index (χ4v) is 2.95. The molecule has 4 aromatic rings. The molecule has 4 rings (SSSR count). The van der Waals surface area contributed by atoms with Gasteiger partial charge in [-0.2, -0.15) is 13.2 Å². The number of halogens is 3. The highest BCUT2D eigenvalue weighted by Gasteiger charge is 2.30. The lowest BCUT2D eigenvalue weighted by atomic mass is 10.1. The molecular weight excluding hydrogens is 313 g/mol. The van der Waals surface area contributed by atoms with Crippen molar-refractivity contribution in [2.45, 2.75) is 13.1 Å². The average molecular weight is 326 g/mol. The van der Waals surface area contributed by atoms with Crippen molar-refractivity contribution in [2.75, 3.05) is 0 Å². The maximum atomic E-state index is 12.8. The molecule has 0 bridgehead atoms. The zero-order chi connectivity index (χ0) is 16.9. The van der Waals surface area contributed by atoms with E-state index in [-0.39, 0.29) is 0 Å². The summed E-state index contributed by atoms with van der Waals surface area (Å²) in [4.78, 5) is 4.68. The lowest BCUT2D eigenvalue weighted by Gasteiger charge is -2.10. The van der Waals surface area contributed by atoms with E-state index in [9.17, 15) is 13.2 Å². The highest BCUT2D eigenvalue weighted by molar-refractivity contribution is 5.88. The lowest BCUT2D eigenvalue weighted by molar-refractivity contribution is -0.137. The molecule has 2 aromatic carbocycles. The summed E-state index contributed by atoms with van der Waals surface area (Å²) in [5, 5.41) is 0. The van der Waals surface area contributed by atoms with E-state index in [4.69, 9.17) is 0 Å². The summed E-state index contributed by atoms with van der Waals surface area (Å²) in [5.41, 5.74) is 4.40. The molecule has 2 nitrogen and oxygen atoms in total. The average Bonchev–Trinajstić information content (AvgIpc) is 2.95. The van der Waals surface area contributed by atoms with Crippen molar-refractivity contribution in [3.63, 3.8) is 0 Å². The molecule has 0 aliphatic carbocycles. The molecule has 0 unspecified atom stereocenters. The number of nitrogens with zero attached hydrogens (tertiary/aromatic N) is 2. The predicted molar refractivity (Wildman–Crippen MR) is 87.9 cm³/mol. The van der Waals surface area contributed by atoms with E-state index in [1.54, 1.807) is 0 Å². The molecule has 5 heteroatoms. The molecule has 24 heavy (non-hydrogen) atoms. The Kier molecular flexibility index (Phi) is 3.13. The van der Waals surface area contributed by atoms with Gasteiger partial charge >= 0.3 is 6.18 Å². The van der Waals surface area contributed by atoms with Gasteiger partial charge in [0.05, 0.1) is 27.8 Å². The summed E-state index contributed by atoms with van der Waals surface area (Å²) >= 11 is 0. The van der Waals surface area contributed by atoms with Crippen LogP contribution in [-0.2, 0) is 6.18 Å². The van der Waals surface area contributed by atoms with E-state index in [1.165, 1.54) is 12.1 Å². The molecule has 0 saturated carbocycles. The number of fused-ring (bicyclic) bond motifs is 3. The smallest absolute Gasteiger partial charge is 0.313 e. The minimum atomic E-state index is -4.34. The number of para-hydroxylation sites is 2. The molecule has 2 aromatic heterocycles. The number of aromatic nitrogens is 2. The fraction of sp³-hybridized carbons (Fsp3) is 0.105. The topological polar surface area (TPSA) is 17.3 Å². The van der Waals surface area contributed by atoms with E-state index in [2.05, 4.69) is 4.98 Å². The first-order chi connectivity index (χ1) is 11.4. The van der Waals surface area contributed by atoms with Crippen LogP contribution in [0.5, 0.6) is 0 Å². The molecule has 0 saturated heterocycles. The number of benzene rings is 2. The van der Waals surface area contributed by atoms with Gasteiger partial charge in [-0.1, -0.05) is 24.3 Å². The second-order valence-electron chi connectivity index (χ2n) is 5.80. The van der Waals surface area contributed by atoms with Crippen LogP contribution in [0.15, 0.2) is 60.8 Å². The summed E-state index contributed by atoms with van der Waals surface area (Å²) in [7, 11) is 0. The molecular formula is C19H13F3N2. The Balaban J connectivity index is 1.98. The van der Waals surface area contributed by atoms with Crippen LogP contribution in [0.2, 0.25) is 0 Å². The third-order valence-electron chi connectivity index (χ3n) is 4.06. The van der Waals surface area contributed by atoms with Crippen LogP contribution in [0.3, 0.4) is 0 Å². The highest BCUT2D eigenvalue weighted by atomic mass is 19.4. The Hall–Kier alpha value is -2.82. The van der Waals surface area contributed by atoms with Crippen LogP contribution >= 0.6 is 0 Å². The van der Waals surface area contributed by atoms with Crippen LogP contribution in [0.4, 0.5) is 13.2 Å². The van der Waals surface area contributed by atoms with Crippen LogP contribution in [0.1, 0.15) is 11.1 Å². The minimum absolute atomic E-state index is 0.658. The Morgan fingerprint density at radius 1 is 0.917 bits per heavy atom. The van der Waals surface area contributed by atoms with E-state index < -0.39 is 11.7 Å². The van der Waals surface area contributed by atoms with E-state index in [1.807, 2.05) is 47.9 Å². The summed E-state index contributed by atoms with van der Waals surface area (Å²) in [6.07, 6.45) is -2.33. The monoisotopic (exact) mass is 326 g/mol. The third-order valence-corrected chi connectivity index (χ3v) is 4.06. The van der Waals surface area contributed by atoms with E-state index in [0.717, 1.165) is 34.2 Å². The van der Waals surface area contributed by atoms with Gasteiger partial charge in [0.2, 0.25) is 0 Å². The normalized spacial score (nSPS) is 12.2. The van der Waals surface area contributed by atoms with Gasteiger partial charge in [0.1, 0.15) is 0 Å². The molecule has 0 N–H and O–H groups in total. The Bertz CT molecular complexity index is 1040. The van der Waals surface area contributed by atoms with Crippen molar-refractivity contribution in [3.05, 3.63) is 71.9 Å². The van der Waals surface area contributed by atoms with Crippen LogP contribution < -0.4 is 0 Å². The number of rotatable bonds is 1. The van der Waals surface area contributed by atoms with Crippen molar-refractivity contribution in [1.29, 1.82) is 0 Å². The predicted octanol–water partition coefficient (Wildman–Crippen LogP) is 5.48. The second-order valence-corrected chi connectivity index (χ2v) is 5.80. The molecule has 0 aliphatic rings. The molecule has 2 heterocycles. The highest BCUT2D eigenvalue weighted by Crippen LogP contribution is 2.32. The van der Waals surface area contributed by atoms with Gasteiger partial charge in [0.25, 0.3) is 0 Å². The van der Waals surface area contributed by atoms with Gasteiger partial charge in [-0.15, -0.1) is 0 Å². The van der Waals surface area contributed by atoms with Crippen LogP contribution in [-0.4, -0.2) is 9.38 Å². The molecule has 0 atom stereocenters. The number of hydrogen-bond donors (Lipinski definition) is 0.